The zero-order chi connectivity index (χ0) is 33.9. The minimum Gasteiger partial charge on any atom is -0.494 e. The third-order valence-electron chi connectivity index (χ3n) is 9.06. The van der Waals surface area contributed by atoms with Gasteiger partial charge in [-0.3, -0.25) is 14.2 Å². The predicted molar refractivity (Wildman–Crippen MR) is 171 cm³/mol. The van der Waals surface area contributed by atoms with Crippen LogP contribution in [-0.2, 0) is 17.4 Å². The van der Waals surface area contributed by atoms with Gasteiger partial charge in [0.05, 0.1) is 35.7 Å². The summed E-state index contributed by atoms with van der Waals surface area (Å²) < 4.78 is 61.6. The summed E-state index contributed by atoms with van der Waals surface area (Å²) in [6.45, 7) is 6.39. The van der Waals surface area contributed by atoms with Crippen LogP contribution in [0.15, 0.2) is 65.6 Å². The van der Waals surface area contributed by atoms with Crippen LogP contribution >= 0.6 is 0 Å². The summed E-state index contributed by atoms with van der Waals surface area (Å²) in [7, 11) is 2.06. The van der Waals surface area contributed by atoms with Crippen molar-refractivity contribution in [2.45, 2.75) is 77.2 Å². The Bertz CT molecular complexity index is 1770. The summed E-state index contributed by atoms with van der Waals surface area (Å²) in [6.07, 6.45) is 0.166. The number of carbonyl (C=O) groups is 1. The standard InChI is InChI=1S/C35H39F4N5O3/c1-5-47-27-14-12-26(13-15-27)44-33(41-32-28(34(44)46)10-7-18-40-32)23(3)43(19-17-22(2)42(4)25-8-6-9-25)31(45)21-24-11-16-30(36)29(20-24)35(37,38)39/h7,10-16,18,20,22-23,25H,5-6,8-9,17,19,21H2,1-4H3/t22?,23-/m1/s1. The summed E-state index contributed by atoms with van der Waals surface area (Å²) in [4.78, 5) is 41.0. The van der Waals surface area contributed by atoms with Crippen molar-refractivity contribution in [1.29, 1.82) is 0 Å². The zero-order valence-electron chi connectivity index (χ0n) is 26.9. The molecule has 4 aromatic rings. The van der Waals surface area contributed by atoms with Crippen molar-refractivity contribution in [3.8, 4) is 11.4 Å². The molecule has 1 saturated carbocycles. The fourth-order valence-corrected chi connectivity index (χ4v) is 5.96. The van der Waals surface area contributed by atoms with E-state index in [2.05, 4.69) is 23.9 Å². The maximum atomic E-state index is 14.1. The molecule has 0 radical (unpaired) electrons. The summed E-state index contributed by atoms with van der Waals surface area (Å²) in [5, 5.41) is 0.289. The number of rotatable bonds is 12. The number of amides is 1. The van der Waals surface area contributed by atoms with Gasteiger partial charge in [0, 0.05) is 24.8 Å². The highest BCUT2D eigenvalue weighted by molar-refractivity contribution is 5.79. The van der Waals surface area contributed by atoms with Gasteiger partial charge >= 0.3 is 6.18 Å². The second-order valence-corrected chi connectivity index (χ2v) is 12.1. The fourth-order valence-electron chi connectivity index (χ4n) is 5.96. The molecule has 0 bridgehead atoms. The van der Waals surface area contributed by atoms with Crippen LogP contribution in [0, 0.1) is 5.82 Å². The van der Waals surface area contributed by atoms with Crippen LogP contribution in [-0.4, -0.2) is 62.5 Å². The van der Waals surface area contributed by atoms with E-state index in [0.717, 1.165) is 18.9 Å². The lowest BCUT2D eigenvalue weighted by Gasteiger charge is -2.40. The number of ether oxygens (including phenoxy) is 1. The molecule has 1 aliphatic carbocycles. The number of carbonyl (C=O) groups excluding carboxylic acids is 1. The minimum atomic E-state index is -4.91. The van der Waals surface area contributed by atoms with Gasteiger partial charge < -0.3 is 14.5 Å². The molecule has 2 aromatic heterocycles. The van der Waals surface area contributed by atoms with Crippen molar-refractivity contribution in [2.24, 2.45) is 0 Å². The number of hydrogen-bond donors (Lipinski definition) is 0. The quantitative estimate of drug-likeness (QED) is 0.158. The number of pyridine rings is 1. The van der Waals surface area contributed by atoms with Crippen LogP contribution in [0.5, 0.6) is 5.75 Å². The van der Waals surface area contributed by atoms with Gasteiger partial charge in [0.2, 0.25) is 5.91 Å². The van der Waals surface area contributed by atoms with E-state index in [0.29, 0.717) is 36.6 Å². The Hall–Kier alpha value is -4.32. The van der Waals surface area contributed by atoms with Gasteiger partial charge in [-0.15, -0.1) is 0 Å². The molecular weight excluding hydrogens is 614 g/mol. The first-order chi connectivity index (χ1) is 22.4. The molecule has 2 heterocycles. The number of aromatic nitrogens is 3. The first kappa shape index (κ1) is 34.0. The average Bonchev–Trinajstić information content (AvgIpc) is 3.01. The molecule has 2 atom stereocenters. The minimum absolute atomic E-state index is 0.0256. The van der Waals surface area contributed by atoms with Gasteiger partial charge in [0.15, 0.2) is 5.65 Å². The van der Waals surface area contributed by atoms with Crippen LogP contribution in [0.4, 0.5) is 17.6 Å². The lowest BCUT2D eigenvalue weighted by molar-refractivity contribution is -0.140. The molecular formula is C35H39F4N5O3. The molecule has 1 aliphatic rings. The molecule has 0 spiro atoms. The number of nitrogens with zero attached hydrogens (tertiary/aromatic N) is 5. The number of fused-ring (bicyclic) bond motifs is 1. The van der Waals surface area contributed by atoms with E-state index in [1.807, 2.05) is 6.92 Å². The van der Waals surface area contributed by atoms with E-state index in [1.54, 1.807) is 48.2 Å². The monoisotopic (exact) mass is 653 g/mol. The van der Waals surface area contributed by atoms with Crippen molar-refractivity contribution >= 4 is 16.9 Å². The highest BCUT2D eigenvalue weighted by atomic mass is 19.4. The number of hydrogen-bond acceptors (Lipinski definition) is 6. The maximum absolute atomic E-state index is 14.1. The van der Waals surface area contributed by atoms with Crippen LogP contribution in [0.3, 0.4) is 0 Å². The first-order valence-electron chi connectivity index (χ1n) is 15.9. The summed E-state index contributed by atoms with van der Waals surface area (Å²) in [5.41, 5.74) is -1.08. The molecule has 2 aromatic carbocycles. The van der Waals surface area contributed by atoms with E-state index in [1.165, 1.54) is 23.3 Å². The lowest BCUT2D eigenvalue weighted by Crippen LogP contribution is -2.45. The Balaban J connectivity index is 1.56. The first-order valence-corrected chi connectivity index (χ1v) is 15.9. The normalized spacial score (nSPS) is 15.0. The summed E-state index contributed by atoms with van der Waals surface area (Å²) in [5.74, 6) is -1.02. The number of alkyl halides is 3. The number of benzene rings is 2. The van der Waals surface area contributed by atoms with Gasteiger partial charge in [-0.1, -0.05) is 12.5 Å². The van der Waals surface area contributed by atoms with E-state index < -0.39 is 35.9 Å². The second-order valence-electron chi connectivity index (χ2n) is 12.1. The zero-order valence-corrected chi connectivity index (χ0v) is 26.9. The summed E-state index contributed by atoms with van der Waals surface area (Å²) >= 11 is 0. The Kier molecular flexibility index (Phi) is 10.3. The van der Waals surface area contributed by atoms with Crippen molar-refractivity contribution in [2.75, 3.05) is 20.2 Å². The lowest BCUT2D eigenvalue weighted by atomic mass is 9.90. The Labute approximate surface area is 271 Å². The molecule has 1 fully saturated rings. The van der Waals surface area contributed by atoms with Crippen molar-refractivity contribution in [3.63, 3.8) is 0 Å². The molecule has 1 unspecified atom stereocenters. The van der Waals surface area contributed by atoms with Gasteiger partial charge in [-0.25, -0.2) is 14.4 Å². The largest absolute Gasteiger partial charge is 0.494 e. The Morgan fingerprint density at radius 1 is 1.11 bits per heavy atom. The third-order valence-corrected chi connectivity index (χ3v) is 9.06. The van der Waals surface area contributed by atoms with Crippen molar-refractivity contribution in [1.82, 2.24) is 24.3 Å². The van der Waals surface area contributed by atoms with Gasteiger partial charge in [-0.05, 0) is 101 Å². The van der Waals surface area contributed by atoms with Crippen LogP contribution in [0.1, 0.15) is 69.4 Å². The molecule has 250 valence electrons. The Morgan fingerprint density at radius 3 is 2.47 bits per heavy atom. The average molecular weight is 654 g/mol. The Morgan fingerprint density at radius 2 is 1.83 bits per heavy atom. The fraction of sp³-hybridized carbons (Fsp3) is 0.429. The maximum Gasteiger partial charge on any atom is 0.419 e. The molecule has 47 heavy (non-hydrogen) atoms. The topological polar surface area (TPSA) is 80.6 Å². The van der Waals surface area contributed by atoms with Gasteiger partial charge in [0.25, 0.3) is 5.56 Å². The smallest absolute Gasteiger partial charge is 0.419 e. The van der Waals surface area contributed by atoms with E-state index in [4.69, 9.17) is 9.72 Å². The van der Waals surface area contributed by atoms with Crippen LogP contribution < -0.4 is 10.3 Å². The molecule has 0 N–H and O–H groups in total. The van der Waals surface area contributed by atoms with Gasteiger partial charge in [-0.2, -0.15) is 13.2 Å². The van der Waals surface area contributed by atoms with E-state index in [9.17, 15) is 27.2 Å². The predicted octanol–water partition coefficient (Wildman–Crippen LogP) is 6.73. The molecule has 0 aliphatic heterocycles. The highest BCUT2D eigenvalue weighted by Crippen LogP contribution is 2.33. The highest BCUT2D eigenvalue weighted by Gasteiger charge is 2.35. The van der Waals surface area contributed by atoms with Gasteiger partial charge in [0.1, 0.15) is 17.4 Å². The second kappa shape index (κ2) is 14.2. The third kappa shape index (κ3) is 7.48. The number of halogens is 4. The molecule has 12 heteroatoms. The van der Waals surface area contributed by atoms with Crippen LogP contribution in [0.2, 0.25) is 0 Å². The van der Waals surface area contributed by atoms with Crippen molar-refractivity contribution in [3.05, 3.63) is 93.9 Å². The van der Waals surface area contributed by atoms with Crippen LogP contribution in [0.25, 0.3) is 16.7 Å². The molecule has 1 amide bonds. The summed E-state index contributed by atoms with van der Waals surface area (Å²) in [6, 6.07) is 12.6. The molecule has 8 nitrogen and oxygen atoms in total. The van der Waals surface area contributed by atoms with E-state index in [-0.39, 0.29) is 40.6 Å². The van der Waals surface area contributed by atoms with E-state index >= 15 is 0 Å². The molecule has 0 saturated heterocycles. The van der Waals surface area contributed by atoms with Crippen molar-refractivity contribution < 1.29 is 27.1 Å². The SMILES string of the molecule is CCOc1ccc(-n2c([C@@H](C)N(CCC(C)N(C)C3CCC3)C(=O)Cc3ccc(F)c(C(F)(F)F)c3)nc3ncccc3c2=O)cc1. The molecule has 5 rings (SSSR count).